The van der Waals surface area contributed by atoms with Gasteiger partial charge in [0.2, 0.25) is 0 Å². The molecule has 0 fully saturated rings. The molecule has 0 aliphatic carbocycles. The van der Waals surface area contributed by atoms with Gasteiger partial charge in [0.05, 0.1) is 0 Å². The molecule has 1 N–H and O–H groups in total. The number of likely N-dealkylation sites (N-methyl/N-ethyl adjacent to an activating group) is 1. The van der Waals surface area contributed by atoms with Gasteiger partial charge in [-0.15, -0.1) is 0 Å². The van der Waals surface area contributed by atoms with Gasteiger partial charge in [-0.05, 0) is 71.5 Å². The van der Waals surface area contributed by atoms with Gasteiger partial charge < -0.3 is 10.1 Å². The zero-order chi connectivity index (χ0) is 15.1. The van der Waals surface area contributed by atoms with Crippen molar-refractivity contribution in [2.24, 2.45) is 0 Å². The van der Waals surface area contributed by atoms with Crippen molar-refractivity contribution in [1.82, 2.24) is 5.32 Å². The molecule has 1 unspecified atom stereocenters. The van der Waals surface area contributed by atoms with Crippen LogP contribution in [0, 0.1) is 3.57 Å². The number of benzene rings is 2. The van der Waals surface area contributed by atoms with Gasteiger partial charge in [0, 0.05) is 14.6 Å². The number of nitrogens with one attached hydrogen (secondary N) is 1. The van der Waals surface area contributed by atoms with Crippen molar-refractivity contribution < 1.29 is 4.74 Å². The molecule has 21 heavy (non-hydrogen) atoms. The molecule has 0 radical (unpaired) electrons. The summed E-state index contributed by atoms with van der Waals surface area (Å²) in [7, 11) is 0. The first-order valence-corrected chi connectivity index (χ1v) is 8.49. The molecule has 4 heteroatoms. The van der Waals surface area contributed by atoms with Crippen molar-refractivity contribution in [1.29, 1.82) is 0 Å². The van der Waals surface area contributed by atoms with Gasteiger partial charge in [-0.3, -0.25) is 0 Å². The molecule has 0 aliphatic rings. The third kappa shape index (κ3) is 5.85. The van der Waals surface area contributed by atoms with Gasteiger partial charge in [0.15, 0.2) is 0 Å². The molecule has 2 aromatic rings. The third-order valence-electron chi connectivity index (χ3n) is 3.14. The monoisotopic (exact) mass is 415 g/mol. The van der Waals surface area contributed by atoms with E-state index in [0.717, 1.165) is 18.7 Å². The lowest BCUT2D eigenvalue weighted by Crippen LogP contribution is -2.36. The highest BCUT2D eigenvalue weighted by molar-refractivity contribution is 14.1. The molecule has 2 rings (SSSR count). The Morgan fingerprint density at radius 2 is 1.95 bits per heavy atom. The third-order valence-corrected chi connectivity index (χ3v) is 4.09. The van der Waals surface area contributed by atoms with E-state index in [1.807, 2.05) is 24.3 Å². The van der Waals surface area contributed by atoms with Crippen LogP contribution in [0.4, 0.5) is 0 Å². The Balaban J connectivity index is 1.93. The summed E-state index contributed by atoms with van der Waals surface area (Å²) in [4.78, 5) is 0. The minimum atomic E-state index is 0.286. The standard InChI is InChI=1S/C17H19ClINO/c1-2-20-16(10-13-6-8-15(19)9-7-13)12-21-17-5-3-4-14(18)11-17/h3-9,11,16,20H,2,10,12H2,1H3. The number of halogens is 2. The Kier molecular flexibility index (Phi) is 6.80. The first kappa shape index (κ1) is 16.6. The van der Waals surface area contributed by atoms with E-state index in [-0.39, 0.29) is 6.04 Å². The molecule has 2 aromatic carbocycles. The van der Waals surface area contributed by atoms with E-state index in [1.54, 1.807) is 0 Å². The van der Waals surface area contributed by atoms with Crippen LogP contribution < -0.4 is 10.1 Å². The maximum atomic E-state index is 5.97. The van der Waals surface area contributed by atoms with Crippen LogP contribution in [0.5, 0.6) is 5.75 Å². The average molecular weight is 416 g/mol. The average Bonchev–Trinajstić information content (AvgIpc) is 2.47. The predicted molar refractivity (Wildman–Crippen MR) is 97.3 cm³/mol. The molecule has 112 valence electrons. The molecule has 0 saturated heterocycles. The van der Waals surface area contributed by atoms with Crippen LogP contribution in [-0.4, -0.2) is 19.2 Å². The molecule has 2 nitrogen and oxygen atoms in total. The minimum Gasteiger partial charge on any atom is -0.492 e. The molecule has 0 aliphatic heterocycles. The molecule has 0 spiro atoms. The largest absolute Gasteiger partial charge is 0.492 e. The minimum absolute atomic E-state index is 0.286. The highest BCUT2D eigenvalue weighted by Gasteiger charge is 2.09. The number of hydrogen-bond donors (Lipinski definition) is 1. The summed E-state index contributed by atoms with van der Waals surface area (Å²) in [6.45, 7) is 3.66. The van der Waals surface area contributed by atoms with Gasteiger partial charge in [-0.1, -0.05) is 36.7 Å². The van der Waals surface area contributed by atoms with Gasteiger partial charge in [-0.2, -0.15) is 0 Å². The first-order chi connectivity index (χ1) is 10.2. The fourth-order valence-electron chi connectivity index (χ4n) is 2.14. The van der Waals surface area contributed by atoms with Crippen molar-refractivity contribution >= 4 is 34.2 Å². The zero-order valence-electron chi connectivity index (χ0n) is 12.0. The van der Waals surface area contributed by atoms with Crippen molar-refractivity contribution in [2.45, 2.75) is 19.4 Å². The second-order valence-corrected chi connectivity index (χ2v) is 6.54. The second kappa shape index (κ2) is 8.61. The van der Waals surface area contributed by atoms with Crippen LogP contribution in [-0.2, 0) is 6.42 Å². The van der Waals surface area contributed by atoms with E-state index in [2.05, 4.69) is 59.1 Å². The highest BCUT2D eigenvalue weighted by Crippen LogP contribution is 2.17. The molecule has 1 atom stereocenters. The maximum absolute atomic E-state index is 5.97. The number of ether oxygens (including phenoxy) is 1. The topological polar surface area (TPSA) is 21.3 Å². The SMILES string of the molecule is CCNC(COc1cccc(Cl)c1)Cc1ccc(I)cc1. The fourth-order valence-corrected chi connectivity index (χ4v) is 2.68. The van der Waals surface area contributed by atoms with Gasteiger partial charge >= 0.3 is 0 Å². The van der Waals surface area contributed by atoms with Gasteiger partial charge in [0.25, 0.3) is 0 Å². The quantitative estimate of drug-likeness (QED) is 0.670. The van der Waals surface area contributed by atoms with Crippen LogP contribution in [0.25, 0.3) is 0 Å². The molecular weight excluding hydrogens is 397 g/mol. The van der Waals surface area contributed by atoms with Crippen molar-refractivity contribution in [3.63, 3.8) is 0 Å². The van der Waals surface area contributed by atoms with E-state index in [1.165, 1.54) is 9.13 Å². The number of rotatable bonds is 7. The summed E-state index contributed by atoms with van der Waals surface area (Å²) in [6, 6.07) is 16.4. The van der Waals surface area contributed by atoms with E-state index in [9.17, 15) is 0 Å². The van der Waals surface area contributed by atoms with Crippen LogP contribution in [0.2, 0.25) is 5.02 Å². The summed E-state index contributed by atoms with van der Waals surface area (Å²) >= 11 is 8.29. The highest BCUT2D eigenvalue weighted by atomic mass is 127. The van der Waals surface area contributed by atoms with E-state index < -0.39 is 0 Å². The maximum Gasteiger partial charge on any atom is 0.120 e. The Morgan fingerprint density at radius 1 is 1.19 bits per heavy atom. The fraction of sp³-hybridized carbons (Fsp3) is 0.294. The lowest BCUT2D eigenvalue weighted by atomic mass is 10.1. The summed E-state index contributed by atoms with van der Waals surface area (Å²) < 4.78 is 7.11. The molecule has 0 aromatic heterocycles. The zero-order valence-corrected chi connectivity index (χ0v) is 14.9. The molecule has 0 amide bonds. The Hall–Kier alpha value is -0.780. The molecule has 0 saturated carbocycles. The van der Waals surface area contributed by atoms with Crippen molar-refractivity contribution in [2.75, 3.05) is 13.2 Å². The smallest absolute Gasteiger partial charge is 0.120 e. The van der Waals surface area contributed by atoms with Crippen molar-refractivity contribution in [3.8, 4) is 5.75 Å². The lowest BCUT2D eigenvalue weighted by molar-refractivity contribution is 0.265. The van der Waals surface area contributed by atoms with E-state index >= 15 is 0 Å². The molecule has 0 heterocycles. The van der Waals surface area contributed by atoms with Gasteiger partial charge in [0.1, 0.15) is 12.4 Å². The van der Waals surface area contributed by atoms with Crippen LogP contribution in [0.3, 0.4) is 0 Å². The predicted octanol–water partition coefficient (Wildman–Crippen LogP) is 4.54. The first-order valence-electron chi connectivity index (χ1n) is 7.03. The molecular formula is C17H19ClINO. The van der Waals surface area contributed by atoms with Gasteiger partial charge in [-0.25, -0.2) is 0 Å². The normalized spacial score (nSPS) is 12.1. The summed E-state index contributed by atoms with van der Waals surface area (Å²) in [5.74, 6) is 0.813. The second-order valence-electron chi connectivity index (χ2n) is 4.85. The van der Waals surface area contributed by atoms with E-state index in [4.69, 9.17) is 16.3 Å². The lowest BCUT2D eigenvalue weighted by Gasteiger charge is -2.19. The van der Waals surface area contributed by atoms with E-state index in [0.29, 0.717) is 11.6 Å². The van der Waals surface area contributed by atoms with Crippen molar-refractivity contribution in [3.05, 3.63) is 62.7 Å². The van der Waals surface area contributed by atoms with Crippen LogP contribution >= 0.6 is 34.2 Å². The Labute approximate surface area is 145 Å². The summed E-state index contributed by atoms with van der Waals surface area (Å²) in [6.07, 6.45) is 0.950. The van der Waals surface area contributed by atoms with Crippen LogP contribution in [0.15, 0.2) is 48.5 Å². The Bertz CT molecular complexity index is 559. The summed E-state index contributed by atoms with van der Waals surface area (Å²) in [5.41, 5.74) is 1.32. The van der Waals surface area contributed by atoms with Crippen LogP contribution in [0.1, 0.15) is 12.5 Å². The molecule has 0 bridgehead atoms. The number of hydrogen-bond acceptors (Lipinski definition) is 2. The summed E-state index contributed by atoms with van der Waals surface area (Å²) in [5, 5.41) is 4.17. The Morgan fingerprint density at radius 3 is 2.62 bits per heavy atom.